The highest BCUT2D eigenvalue weighted by atomic mass is 16.5. The lowest BCUT2D eigenvalue weighted by atomic mass is 10.1. The van der Waals surface area contributed by atoms with E-state index in [9.17, 15) is 9.59 Å². The van der Waals surface area contributed by atoms with E-state index in [0.717, 1.165) is 23.1 Å². The molecule has 1 aromatic heterocycles. The molecule has 0 saturated heterocycles. The second-order valence-electron chi connectivity index (χ2n) is 3.52. The Morgan fingerprint density at radius 2 is 2.18 bits per heavy atom. The van der Waals surface area contributed by atoms with E-state index in [1.807, 2.05) is 6.92 Å². The summed E-state index contributed by atoms with van der Waals surface area (Å²) in [7, 11) is 0. The van der Waals surface area contributed by atoms with Gasteiger partial charge in [-0.2, -0.15) is 0 Å². The van der Waals surface area contributed by atoms with E-state index in [-0.39, 0.29) is 12.4 Å². The van der Waals surface area contributed by atoms with E-state index in [1.54, 1.807) is 13.8 Å². The summed E-state index contributed by atoms with van der Waals surface area (Å²) in [5, 5.41) is 0. The molecule has 17 heavy (non-hydrogen) atoms. The largest absolute Gasteiger partial charge is 0.461 e. The minimum atomic E-state index is -0.378. The van der Waals surface area contributed by atoms with Gasteiger partial charge in [-0.1, -0.05) is 11.8 Å². The number of carbonyl (C=O) groups is 2. The van der Waals surface area contributed by atoms with Crippen LogP contribution in [-0.2, 0) is 9.53 Å². The van der Waals surface area contributed by atoms with Gasteiger partial charge in [0.05, 0.1) is 13.0 Å². The Hall–Kier alpha value is -2.02. The van der Waals surface area contributed by atoms with Crippen LogP contribution in [0.5, 0.6) is 0 Å². The van der Waals surface area contributed by atoms with Crippen LogP contribution in [0.4, 0.5) is 0 Å². The van der Waals surface area contributed by atoms with Gasteiger partial charge in [-0.3, -0.25) is 0 Å². The number of hydrogen-bond donors (Lipinski definition) is 1. The van der Waals surface area contributed by atoms with Crippen LogP contribution in [-0.4, -0.2) is 23.8 Å². The number of carbonyl (C=O) groups excluding carboxylic acids is 2. The number of rotatable bonds is 3. The van der Waals surface area contributed by atoms with Crippen molar-refractivity contribution in [2.45, 2.75) is 27.2 Å². The van der Waals surface area contributed by atoms with Crippen molar-refractivity contribution in [3.8, 4) is 11.8 Å². The number of esters is 1. The fraction of sp³-hybridized carbons (Fsp3) is 0.385. The lowest BCUT2D eigenvalue weighted by Crippen LogP contribution is -2.06. The number of aryl methyl sites for hydroxylation is 1. The smallest absolute Gasteiger partial charge is 0.355 e. The van der Waals surface area contributed by atoms with Gasteiger partial charge in [0, 0.05) is 11.3 Å². The molecule has 0 amide bonds. The summed E-state index contributed by atoms with van der Waals surface area (Å²) >= 11 is 0. The van der Waals surface area contributed by atoms with Gasteiger partial charge in [0.15, 0.2) is 0 Å². The Balaban J connectivity index is 3.06. The molecule has 1 aromatic rings. The summed E-state index contributed by atoms with van der Waals surface area (Å²) in [5.41, 5.74) is 2.76. The number of aldehydes is 1. The SMILES string of the molecule is CCOC(=O)c1[nH]c(C)c(C#CCC=O)c1C. The van der Waals surface area contributed by atoms with Crippen LogP contribution in [0.2, 0.25) is 0 Å². The molecule has 1 heterocycles. The highest BCUT2D eigenvalue weighted by Gasteiger charge is 2.16. The first-order chi connectivity index (χ1) is 8.11. The third kappa shape index (κ3) is 2.97. The first-order valence-electron chi connectivity index (χ1n) is 5.40. The van der Waals surface area contributed by atoms with Gasteiger partial charge in [0.2, 0.25) is 0 Å². The van der Waals surface area contributed by atoms with Gasteiger partial charge in [-0.15, -0.1) is 0 Å². The van der Waals surface area contributed by atoms with Crippen molar-refractivity contribution >= 4 is 12.3 Å². The standard InChI is InChI=1S/C13H15NO3/c1-4-17-13(16)12-9(2)11(10(3)14-12)7-5-6-8-15/h8,14H,4,6H2,1-3H3. The summed E-state index contributed by atoms with van der Waals surface area (Å²) in [5.74, 6) is 5.23. The zero-order valence-electron chi connectivity index (χ0n) is 10.2. The fourth-order valence-electron chi connectivity index (χ4n) is 1.53. The minimum Gasteiger partial charge on any atom is -0.461 e. The molecular weight excluding hydrogens is 218 g/mol. The van der Waals surface area contributed by atoms with Crippen LogP contribution in [0.3, 0.4) is 0 Å². The van der Waals surface area contributed by atoms with Gasteiger partial charge >= 0.3 is 5.97 Å². The number of H-pyrrole nitrogens is 1. The van der Waals surface area contributed by atoms with E-state index in [2.05, 4.69) is 16.8 Å². The number of hydrogen-bond acceptors (Lipinski definition) is 3. The average Bonchev–Trinajstić information content (AvgIpc) is 2.57. The van der Waals surface area contributed by atoms with Crippen LogP contribution in [0.15, 0.2) is 0 Å². The van der Waals surface area contributed by atoms with E-state index in [4.69, 9.17) is 4.74 Å². The minimum absolute atomic E-state index is 0.193. The Kier molecular flexibility index (Phi) is 4.53. The molecule has 0 bridgehead atoms. The van der Waals surface area contributed by atoms with Crippen molar-refractivity contribution in [2.75, 3.05) is 6.61 Å². The van der Waals surface area contributed by atoms with Crippen LogP contribution in [0, 0.1) is 25.7 Å². The van der Waals surface area contributed by atoms with E-state index in [0.29, 0.717) is 12.3 Å². The molecule has 0 atom stereocenters. The van der Waals surface area contributed by atoms with Crippen LogP contribution >= 0.6 is 0 Å². The molecule has 0 aliphatic heterocycles. The topological polar surface area (TPSA) is 59.2 Å². The van der Waals surface area contributed by atoms with E-state index < -0.39 is 0 Å². The monoisotopic (exact) mass is 233 g/mol. The van der Waals surface area contributed by atoms with Crippen LogP contribution in [0.1, 0.15) is 40.7 Å². The number of aromatic nitrogens is 1. The van der Waals surface area contributed by atoms with Gasteiger partial charge in [-0.05, 0) is 26.3 Å². The molecule has 90 valence electrons. The van der Waals surface area contributed by atoms with E-state index in [1.165, 1.54) is 0 Å². The molecule has 1 rings (SSSR count). The molecule has 0 aliphatic carbocycles. The zero-order chi connectivity index (χ0) is 12.8. The highest BCUT2D eigenvalue weighted by Crippen LogP contribution is 2.17. The van der Waals surface area contributed by atoms with Crippen molar-refractivity contribution in [2.24, 2.45) is 0 Å². The maximum absolute atomic E-state index is 11.6. The van der Waals surface area contributed by atoms with Crippen molar-refractivity contribution in [1.82, 2.24) is 4.98 Å². The predicted molar refractivity (Wildman–Crippen MR) is 63.8 cm³/mol. The molecule has 0 aromatic carbocycles. The first kappa shape index (κ1) is 13.0. The molecular formula is C13H15NO3. The van der Waals surface area contributed by atoms with Crippen molar-refractivity contribution in [3.05, 3.63) is 22.5 Å². The maximum Gasteiger partial charge on any atom is 0.355 e. The first-order valence-corrected chi connectivity index (χ1v) is 5.40. The normalized spacial score (nSPS) is 9.35. The molecule has 4 nitrogen and oxygen atoms in total. The zero-order valence-corrected chi connectivity index (χ0v) is 10.2. The number of ether oxygens (including phenoxy) is 1. The summed E-state index contributed by atoms with van der Waals surface area (Å²) in [4.78, 5) is 24.7. The highest BCUT2D eigenvalue weighted by molar-refractivity contribution is 5.90. The molecule has 0 radical (unpaired) electrons. The van der Waals surface area contributed by atoms with Crippen molar-refractivity contribution < 1.29 is 14.3 Å². The molecule has 0 aliphatic rings. The predicted octanol–water partition coefficient (Wildman–Crippen LogP) is 1.75. The Bertz CT molecular complexity index is 489. The second-order valence-corrected chi connectivity index (χ2v) is 3.52. The summed E-state index contributed by atoms with van der Waals surface area (Å²) < 4.78 is 4.93. The fourth-order valence-corrected chi connectivity index (χ4v) is 1.53. The molecule has 1 N–H and O–H groups in total. The second kappa shape index (κ2) is 5.90. The van der Waals surface area contributed by atoms with Crippen LogP contribution in [0.25, 0.3) is 0 Å². The van der Waals surface area contributed by atoms with Crippen LogP contribution < -0.4 is 0 Å². The van der Waals surface area contributed by atoms with Gasteiger partial charge in [0.25, 0.3) is 0 Å². The summed E-state index contributed by atoms with van der Waals surface area (Å²) in [6.07, 6.45) is 0.940. The quantitative estimate of drug-likeness (QED) is 0.491. The van der Waals surface area contributed by atoms with Gasteiger partial charge in [-0.25, -0.2) is 4.79 Å². The van der Waals surface area contributed by atoms with Crippen molar-refractivity contribution in [1.29, 1.82) is 0 Å². The molecule has 0 saturated carbocycles. The number of aromatic amines is 1. The number of nitrogens with one attached hydrogen (secondary N) is 1. The third-order valence-electron chi connectivity index (χ3n) is 2.32. The summed E-state index contributed by atoms with van der Waals surface area (Å²) in [6.45, 7) is 5.73. The third-order valence-corrected chi connectivity index (χ3v) is 2.32. The van der Waals surface area contributed by atoms with Gasteiger partial charge < -0.3 is 14.5 Å². The molecule has 4 heteroatoms. The maximum atomic E-state index is 11.6. The van der Waals surface area contributed by atoms with Crippen molar-refractivity contribution in [3.63, 3.8) is 0 Å². The Morgan fingerprint density at radius 1 is 1.47 bits per heavy atom. The molecule has 0 spiro atoms. The average molecular weight is 233 g/mol. The van der Waals surface area contributed by atoms with Gasteiger partial charge in [0.1, 0.15) is 12.0 Å². The molecule has 0 fully saturated rings. The Labute approximate surface area is 100 Å². The lowest BCUT2D eigenvalue weighted by molar-refractivity contribution is -0.107. The lowest BCUT2D eigenvalue weighted by Gasteiger charge is -1.99. The summed E-state index contributed by atoms with van der Waals surface area (Å²) in [6, 6.07) is 0. The molecule has 0 unspecified atom stereocenters. The van der Waals surface area contributed by atoms with E-state index >= 15 is 0 Å². The Morgan fingerprint density at radius 3 is 2.76 bits per heavy atom.